The van der Waals surface area contributed by atoms with Gasteiger partial charge in [0.15, 0.2) is 11.6 Å². The summed E-state index contributed by atoms with van der Waals surface area (Å²) in [4.78, 5) is 20.3. The van der Waals surface area contributed by atoms with Crippen LogP contribution in [-0.4, -0.2) is 35.7 Å². The van der Waals surface area contributed by atoms with Crippen LogP contribution in [0.5, 0.6) is 5.75 Å². The normalized spacial score (nSPS) is 18.1. The van der Waals surface area contributed by atoms with E-state index >= 15 is 4.79 Å². The van der Waals surface area contributed by atoms with E-state index in [0.29, 0.717) is 45.8 Å². The van der Waals surface area contributed by atoms with Gasteiger partial charge in [0.2, 0.25) is 5.90 Å². The molecule has 1 aliphatic heterocycles. The number of benzene rings is 5. The third kappa shape index (κ3) is 6.60. The third-order valence-electron chi connectivity index (χ3n) is 8.92. The average molecular weight is 690 g/mol. The van der Waals surface area contributed by atoms with Gasteiger partial charge in [-0.25, -0.2) is 4.99 Å². The molecular formula is C41H34Cl2N2O4. The minimum atomic E-state index is -1.44. The highest BCUT2D eigenvalue weighted by Gasteiger charge is 2.54. The van der Waals surface area contributed by atoms with Crippen molar-refractivity contribution in [1.29, 1.82) is 0 Å². The summed E-state index contributed by atoms with van der Waals surface area (Å²) in [5.41, 5.74) is 5.06. The van der Waals surface area contributed by atoms with Crippen molar-refractivity contribution < 1.29 is 19.4 Å². The first kappa shape index (κ1) is 32.7. The Labute approximate surface area is 295 Å². The Balaban J connectivity index is 1.33. The fourth-order valence-corrected chi connectivity index (χ4v) is 7.02. The molecule has 0 saturated carbocycles. The first-order valence-corrected chi connectivity index (χ1v) is 17.0. The number of halogens is 2. The maximum atomic E-state index is 15.1. The molecule has 0 radical (unpaired) electrons. The second-order valence-corrected chi connectivity index (χ2v) is 12.9. The van der Waals surface area contributed by atoms with Crippen molar-refractivity contribution in [2.45, 2.75) is 30.5 Å². The van der Waals surface area contributed by atoms with Crippen LogP contribution in [-0.2, 0) is 9.53 Å². The lowest BCUT2D eigenvalue weighted by molar-refractivity contribution is -0.129. The van der Waals surface area contributed by atoms with Gasteiger partial charge in [-0.2, -0.15) is 0 Å². The van der Waals surface area contributed by atoms with Gasteiger partial charge in [0.25, 0.3) is 5.91 Å². The maximum Gasteiger partial charge on any atom is 0.253 e. The van der Waals surface area contributed by atoms with Gasteiger partial charge in [0.05, 0.1) is 12.6 Å². The highest BCUT2D eigenvalue weighted by atomic mass is 35.5. The van der Waals surface area contributed by atoms with E-state index in [2.05, 4.69) is 29.6 Å². The van der Waals surface area contributed by atoms with Crippen LogP contribution < -0.4 is 10.1 Å². The molecular weight excluding hydrogens is 655 g/mol. The number of nitrogens with one attached hydrogen (secondary N) is 1. The molecule has 0 aromatic heterocycles. The quantitative estimate of drug-likeness (QED) is 0.136. The van der Waals surface area contributed by atoms with Crippen molar-refractivity contribution in [3.05, 3.63) is 165 Å². The number of aliphatic imine (C=N–C) groups is 1. The van der Waals surface area contributed by atoms with Crippen LogP contribution in [0.15, 0.2) is 132 Å². The molecule has 2 N–H and O–H groups in total. The number of carbonyl (C=O) groups is 1. The molecule has 0 bridgehead atoms. The van der Waals surface area contributed by atoms with Crippen LogP contribution >= 0.6 is 23.2 Å². The molecule has 1 amide bonds. The van der Waals surface area contributed by atoms with Crippen LogP contribution in [0, 0.1) is 0 Å². The zero-order valence-corrected chi connectivity index (χ0v) is 28.1. The Kier molecular flexibility index (Phi) is 9.54. The molecule has 8 heteroatoms. The number of fused-ring (bicyclic) bond motifs is 3. The maximum absolute atomic E-state index is 15.1. The van der Waals surface area contributed by atoms with E-state index < -0.39 is 11.6 Å². The van der Waals surface area contributed by atoms with E-state index in [0.717, 1.165) is 27.8 Å². The van der Waals surface area contributed by atoms with Gasteiger partial charge in [-0.1, -0.05) is 120 Å². The average Bonchev–Trinajstić information content (AvgIpc) is 3.66. The van der Waals surface area contributed by atoms with Gasteiger partial charge in [0.1, 0.15) is 5.75 Å². The van der Waals surface area contributed by atoms with Gasteiger partial charge in [-0.15, -0.1) is 0 Å². The molecule has 0 saturated heterocycles. The Morgan fingerprint density at radius 2 is 1.53 bits per heavy atom. The van der Waals surface area contributed by atoms with Gasteiger partial charge in [0, 0.05) is 40.6 Å². The van der Waals surface area contributed by atoms with Crippen LogP contribution in [0.4, 0.5) is 0 Å². The minimum absolute atomic E-state index is 0.0538. The second-order valence-electron chi connectivity index (χ2n) is 12.1. The summed E-state index contributed by atoms with van der Waals surface area (Å²) < 4.78 is 12.4. The Morgan fingerprint density at radius 1 is 0.857 bits per heavy atom. The van der Waals surface area contributed by atoms with Gasteiger partial charge in [-0.3, -0.25) is 4.79 Å². The van der Waals surface area contributed by atoms with Crippen molar-refractivity contribution in [1.82, 2.24) is 5.32 Å². The number of hydrogen-bond acceptors (Lipinski definition) is 5. The lowest BCUT2D eigenvalue weighted by Gasteiger charge is -2.32. The summed E-state index contributed by atoms with van der Waals surface area (Å²) in [6.45, 7) is 0.452. The highest BCUT2D eigenvalue weighted by Crippen LogP contribution is 2.48. The number of ether oxygens (including phenoxy) is 2. The molecule has 0 unspecified atom stereocenters. The lowest BCUT2D eigenvalue weighted by Crippen LogP contribution is -2.49. The summed E-state index contributed by atoms with van der Waals surface area (Å²) >= 11 is 13.2. The monoisotopic (exact) mass is 688 g/mol. The molecule has 1 heterocycles. The first-order valence-electron chi connectivity index (χ1n) is 16.2. The number of amides is 1. The largest absolute Gasteiger partial charge is 0.494 e. The molecule has 6 nitrogen and oxygen atoms in total. The molecule has 0 fully saturated rings. The smallest absolute Gasteiger partial charge is 0.253 e. The van der Waals surface area contributed by atoms with Crippen molar-refractivity contribution in [2.24, 2.45) is 4.99 Å². The predicted octanol–water partition coefficient (Wildman–Crippen LogP) is 9.00. The summed E-state index contributed by atoms with van der Waals surface area (Å²) in [5.74, 6) is 0.673. The van der Waals surface area contributed by atoms with E-state index in [1.54, 1.807) is 18.2 Å². The van der Waals surface area contributed by atoms with E-state index in [4.69, 9.17) is 42.8 Å². The number of aliphatic hydroxyl groups excluding tert-OH is 1. The zero-order chi connectivity index (χ0) is 33.8. The summed E-state index contributed by atoms with van der Waals surface area (Å²) in [5, 5.41) is 13.4. The Morgan fingerprint density at radius 3 is 2.20 bits per heavy atom. The highest BCUT2D eigenvalue weighted by molar-refractivity contribution is 6.35. The van der Waals surface area contributed by atoms with Crippen LogP contribution in [0.2, 0.25) is 10.0 Å². The topological polar surface area (TPSA) is 80.2 Å². The minimum Gasteiger partial charge on any atom is -0.494 e. The van der Waals surface area contributed by atoms with Crippen molar-refractivity contribution in [2.75, 3.05) is 13.2 Å². The van der Waals surface area contributed by atoms with E-state index in [1.807, 2.05) is 91.0 Å². The van der Waals surface area contributed by atoms with Gasteiger partial charge < -0.3 is 19.9 Å². The molecule has 7 rings (SSSR count). The number of carbonyl (C=O) groups excluding carboxylic acids is 1. The number of rotatable bonds is 11. The molecule has 5 aromatic carbocycles. The first-order chi connectivity index (χ1) is 24.0. The standard InChI is InChI=1S/C41H34Cl2N2O4/c42-29-19-22-35(36(43)26-29)38-41(23-8-12-27-10-2-1-3-11-27,45-39(49-38)28-17-20-30(21-18-28)48-25-9-24-46)40(47)44-37-33-15-6-4-13-31(33)32-14-5-7-16-34(32)37/h1-8,10-22,26,37-38,46H,9,23-25H2,(H,44,47)/b12-8+/t38-,41-/m1/s1. The van der Waals surface area contributed by atoms with Crippen molar-refractivity contribution in [3.8, 4) is 16.9 Å². The molecule has 1 aliphatic carbocycles. The number of hydrogen-bond donors (Lipinski definition) is 2. The molecule has 49 heavy (non-hydrogen) atoms. The molecule has 2 atom stereocenters. The van der Waals surface area contributed by atoms with E-state index in [9.17, 15) is 0 Å². The molecule has 5 aromatic rings. The Bertz CT molecular complexity index is 1980. The van der Waals surface area contributed by atoms with Gasteiger partial charge in [-0.05, 0) is 64.2 Å². The Hall–Kier alpha value is -4.88. The fourth-order valence-electron chi connectivity index (χ4n) is 6.51. The van der Waals surface area contributed by atoms with Gasteiger partial charge >= 0.3 is 0 Å². The summed E-state index contributed by atoms with van der Waals surface area (Å²) in [6.07, 6.45) is 3.84. The summed E-state index contributed by atoms with van der Waals surface area (Å²) in [6, 6.07) is 38.4. The predicted molar refractivity (Wildman–Crippen MR) is 195 cm³/mol. The SMILES string of the molecule is O=C(NC1c2ccccc2-c2ccccc21)[C@]1(C/C=C/c2ccccc2)N=C(c2ccc(OCCCO)cc2)O[C@@H]1c1ccc(Cl)cc1Cl. The molecule has 2 aliphatic rings. The summed E-state index contributed by atoms with van der Waals surface area (Å²) in [7, 11) is 0. The van der Waals surface area contributed by atoms with E-state index in [-0.39, 0.29) is 25.0 Å². The van der Waals surface area contributed by atoms with Crippen molar-refractivity contribution in [3.63, 3.8) is 0 Å². The molecule has 246 valence electrons. The zero-order valence-electron chi connectivity index (χ0n) is 26.6. The van der Waals surface area contributed by atoms with Crippen LogP contribution in [0.3, 0.4) is 0 Å². The number of aliphatic hydroxyl groups is 1. The van der Waals surface area contributed by atoms with Crippen LogP contribution in [0.1, 0.15) is 52.8 Å². The van der Waals surface area contributed by atoms with E-state index in [1.165, 1.54) is 0 Å². The second kappa shape index (κ2) is 14.3. The third-order valence-corrected chi connectivity index (χ3v) is 9.49. The van der Waals surface area contributed by atoms with Crippen LogP contribution in [0.25, 0.3) is 17.2 Å². The lowest BCUT2D eigenvalue weighted by atomic mass is 9.83. The van der Waals surface area contributed by atoms with Crippen molar-refractivity contribution >= 4 is 41.1 Å². The number of nitrogens with zero attached hydrogens (tertiary/aromatic N) is 1. The molecule has 0 spiro atoms. The fraction of sp³-hybridized carbons (Fsp3) is 0.171.